The van der Waals surface area contributed by atoms with E-state index in [1.807, 2.05) is 73.7 Å². The zero-order valence-electron chi connectivity index (χ0n) is 17.5. The van der Waals surface area contributed by atoms with Crippen molar-refractivity contribution in [2.24, 2.45) is 0 Å². The molecule has 0 fully saturated rings. The summed E-state index contributed by atoms with van der Waals surface area (Å²) in [5.74, 6) is 1.11. The van der Waals surface area contributed by atoms with Crippen LogP contribution in [0.25, 0.3) is 21.9 Å². The number of unbranched alkanes of at least 4 members (excludes halogenated alkanes) is 2. The first-order chi connectivity index (χ1) is 14.6. The van der Waals surface area contributed by atoms with E-state index in [-0.39, 0.29) is 0 Å². The largest absolute Gasteiger partial charge is 0.490 e. The second-order valence-electron chi connectivity index (χ2n) is 7.23. The summed E-state index contributed by atoms with van der Waals surface area (Å²) in [6.45, 7) is 1.78. The second-order valence-corrected chi connectivity index (χ2v) is 7.23. The van der Waals surface area contributed by atoms with E-state index in [9.17, 15) is 8.78 Å². The molecule has 0 aliphatic heterocycles. The predicted molar refractivity (Wildman–Crippen MR) is 120 cm³/mol. The first-order valence-corrected chi connectivity index (χ1v) is 10.5. The van der Waals surface area contributed by atoms with E-state index < -0.39 is 6.61 Å². The number of rotatable bonds is 10. The minimum atomic E-state index is -2.84. The maximum absolute atomic E-state index is 13.1. The van der Waals surface area contributed by atoms with Gasteiger partial charge < -0.3 is 9.47 Å². The van der Waals surface area contributed by atoms with Crippen LogP contribution in [0, 0.1) is 0 Å². The number of fused-ring (bicyclic) bond motifs is 1. The molecule has 0 amide bonds. The molecule has 0 spiro atoms. The lowest BCUT2D eigenvalue weighted by atomic mass is 9.97. The van der Waals surface area contributed by atoms with Crippen LogP contribution in [-0.2, 0) is 6.42 Å². The number of ether oxygens (including phenoxy) is 2. The van der Waals surface area contributed by atoms with Gasteiger partial charge in [-0.05, 0) is 60.0 Å². The van der Waals surface area contributed by atoms with Crippen LogP contribution in [0.4, 0.5) is 8.78 Å². The number of halogens is 2. The second kappa shape index (κ2) is 10.8. The molecule has 0 heterocycles. The van der Waals surface area contributed by atoms with E-state index in [2.05, 4.69) is 6.92 Å². The molecule has 0 atom stereocenters. The highest BCUT2D eigenvalue weighted by molar-refractivity contribution is 5.93. The number of aryl methyl sites for hydroxylation is 1. The summed E-state index contributed by atoms with van der Waals surface area (Å²) in [6.07, 6.45) is 7.75. The monoisotopic (exact) mass is 410 g/mol. The van der Waals surface area contributed by atoms with Crippen molar-refractivity contribution in [1.82, 2.24) is 0 Å². The Morgan fingerprint density at radius 2 is 1.70 bits per heavy atom. The fraction of sp³-hybridized carbons (Fsp3) is 0.308. The van der Waals surface area contributed by atoms with Crippen LogP contribution >= 0.6 is 0 Å². The summed E-state index contributed by atoms with van der Waals surface area (Å²) < 4.78 is 36.7. The van der Waals surface area contributed by atoms with Gasteiger partial charge in [0.1, 0.15) is 18.1 Å². The van der Waals surface area contributed by atoms with E-state index in [0.29, 0.717) is 12.4 Å². The lowest BCUT2D eigenvalue weighted by Crippen LogP contribution is -2.05. The zero-order valence-corrected chi connectivity index (χ0v) is 17.5. The normalized spacial score (nSPS) is 11.5. The molecule has 0 radical (unpaired) electrons. The molecule has 30 heavy (non-hydrogen) atoms. The quantitative estimate of drug-likeness (QED) is 0.251. The summed E-state index contributed by atoms with van der Waals surface area (Å²) in [5, 5.41) is 1.61. The third-order valence-corrected chi connectivity index (χ3v) is 5.08. The van der Waals surface area contributed by atoms with Gasteiger partial charge in [-0.2, -0.15) is 8.78 Å². The Labute approximate surface area is 177 Å². The smallest absolute Gasteiger partial charge is 0.387 e. The van der Waals surface area contributed by atoms with Gasteiger partial charge in [0.2, 0.25) is 0 Å². The average molecular weight is 411 g/mol. The van der Waals surface area contributed by atoms with Crippen molar-refractivity contribution < 1.29 is 18.3 Å². The summed E-state index contributed by atoms with van der Waals surface area (Å²) in [6, 6.07) is 17.6. The highest BCUT2D eigenvalue weighted by Gasteiger charge is 2.14. The number of benzene rings is 3. The van der Waals surface area contributed by atoms with Gasteiger partial charge in [-0.15, -0.1) is 0 Å². The van der Waals surface area contributed by atoms with Crippen molar-refractivity contribution in [2.75, 3.05) is 6.61 Å². The Kier molecular flexibility index (Phi) is 7.83. The molecule has 0 aliphatic carbocycles. The molecular formula is C26H28F2O2. The Hall–Kier alpha value is -2.88. The van der Waals surface area contributed by atoms with Crippen molar-refractivity contribution in [3.8, 4) is 22.6 Å². The Balaban J connectivity index is 1.89. The van der Waals surface area contributed by atoms with Gasteiger partial charge in [-0.25, -0.2) is 0 Å². The van der Waals surface area contributed by atoms with Crippen molar-refractivity contribution in [3.05, 3.63) is 72.3 Å². The molecule has 0 bridgehead atoms. The molecule has 0 unspecified atom stereocenters. The Morgan fingerprint density at radius 1 is 0.933 bits per heavy atom. The number of allylic oxidation sites excluding steroid dienone is 1. The number of hydrogen-bond donors (Lipinski definition) is 0. The molecule has 3 aromatic rings. The summed E-state index contributed by atoms with van der Waals surface area (Å²) in [5.41, 5.74) is 2.90. The Morgan fingerprint density at radius 3 is 2.40 bits per heavy atom. The molecule has 158 valence electrons. The molecule has 3 aromatic carbocycles. The molecule has 4 heteroatoms. The topological polar surface area (TPSA) is 18.5 Å². The molecule has 0 N–H and O–H groups in total. The molecule has 0 aliphatic rings. The number of alkyl halides is 2. The Bertz CT molecular complexity index is 978. The van der Waals surface area contributed by atoms with E-state index in [4.69, 9.17) is 9.47 Å². The highest BCUT2D eigenvalue weighted by atomic mass is 19.3. The fourth-order valence-electron chi connectivity index (χ4n) is 3.50. The maximum atomic E-state index is 13.1. The van der Waals surface area contributed by atoms with Crippen LogP contribution in [0.1, 0.15) is 38.7 Å². The lowest BCUT2D eigenvalue weighted by molar-refractivity contribution is -0.0493. The van der Waals surface area contributed by atoms with E-state index >= 15 is 0 Å². The van der Waals surface area contributed by atoms with Gasteiger partial charge in [-0.1, -0.05) is 68.3 Å². The third kappa shape index (κ3) is 5.59. The van der Waals surface area contributed by atoms with Crippen LogP contribution in [0.5, 0.6) is 11.5 Å². The van der Waals surface area contributed by atoms with Crippen LogP contribution in [0.2, 0.25) is 0 Å². The van der Waals surface area contributed by atoms with Gasteiger partial charge in [0, 0.05) is 5.39 Å². The number of hydrogen-bond acceptors (Lipinski definition) is 2. The maximum Gasteiger partial charge on any atom is 0.387 e. The van der Waals surface area contributed by atoms with Gasteiger partial charge in [0.15, 0.2) is 0 Å². The molecule has 3 rings (SSSR count). The van der Waals surface area contributed by atoms with Crippen LogP contribution in [0.15, 0.2) is 66.7 Å². The van der Waals surface area contributed by atoms with Gasteiger partial charge in [0.05, 0.1) is 0 Å². The summed E-state index contributed by atoms with van der Waals surface area (Å²) in [4.78, 5) is 0. The average Bonchev–Trinajstić information content (AvgIpc) is 2.75. The van der Waals surface area contributed by atoms with Gasteiger partial charge >= 0.3 is 6.61 Å². The van der Waals surface area contributed by atoms with Crippen molar-refractivity contribution in [2.45, 2.75) is 46.1 Å². The molecule has 2 nitrogen and oxygen atoms in total. The van der Waals surface area contributed by atoms with E-state index in [1.165, 1.54) is 0 Å². The molecule has 0 aromatic heterocycles. The predicted octanol–water partition coefficient (Wildman–Crippen LogP) is 7.80. The van der Waals surface area contributed by atoms with Crippen molar-refractivity contribution in [3.63, 3.8) is 0 Å². The van der Waals surface area contributed by atoms with Crippen LogP contribution in [-0.4, -0.2) is 13.2 Å². The molecule has 0 saturated carbocycles. The van der Waals surface area contributed by atoms with Crippen molar-refractivity contribution in [1.29, 1.82) is 0 Å². The summed E-state index contributed by atoms with van der Waals surface area (Å²) >= 11 is 0. The third-order valence-electron chi connectivity index (χ3n) is 5.08. The van der Waals surface area contributed by atoms with Crippen molar-refractivity contribution >= 4 is 10.8 Å². The zero-order chi connectivity index (χ0) is 21.3. The fourth-order valence-corrected chi connectivity index (χ4v) is 3.50. The standard InChI is InChI=1S/C26H28F2O2/c1-3-5-7-8-20-9-10-22-18-21(13-16-24(22)25(20)30-26(27)28)19-11-14-23(15-12-19)29-17-6-4-2/h4,6,9-16,18,26H,3,5,7-8,17H2,1-2H3. The minimum absolute atomic E-state index is 0.304. The first-order valence-electron chi connectivity index (χ1n) is 10.5. The summed E-state index contributed by atoms with van der Waals surface area (Å²) in [7, 11) is 0. The van der Waals surface area contributed by atoms with Gasteiger partial charge in [-0.3, -0.25) is 0 Å². The lowest BCUT2D eigenvalue weighted by Gasteiger charge is -2.15. The minimum Gasteiger partial charge on any atom is -0.490 e. The SMILES string of the molecule is CC=CCOc1ccc(-c2ccc3c(OC(F)F)c(CCCCC)ccc3c2)cc1. The molecular weight excluding hydrogens is 382 g/mol. The van der Waals surface area contributed by atoms with Crippen LogP contribution < -0.4 is 9.47 Å². The van der Waals surface area contributed by atoms with Crippen LogP contribution in [0.3, 0.4) is 0 Å². The first kappa shape index (κ1) is 21.8. The highest BCUT2D eigenvalue weighted by Crippen LogP contribution is 2.35. The van der Waals surface area contributed by atoms with Gasteiger partial charge in [0.25, 0.3) is 0 Å². The van der Waals surface area contributed by atoms with E-state index in [1.54, 1.807) is 0 Å². The molecule has 0 saturated heterocycles. The van der Waals surface area contributed by atoms with E-state index in [0.717, 1.165) is 58.9 Å².